The lowest BCUT2D eigenvalue weighted by Gasteiger charge is -2.37. The molecule has 0 aromatic heterocycles. The molecule has 0 spiro atoms. The van der Waals surface area contributed by atoms with Crippen molar-refractivity contribution >= 4 is 17.1 Å². The largest absolute Gasteiger partial charge is 0.321 e. The average Bonchev–Trinajstić information content (AvgIpc) is 2.58. The molecule has 0 radical (unpaired) electrons. The Morgan fingerprint density at radius 3 is 1.00 bits per heavy atom. The highest BCUT2D eigenvalue weighted by Gasteiger charge is 2.42. The first kappa shape index (κ1) is 14.5. The Labute approximate surface area is 129 Å². The van der Waals surface area contributed by atoms with E-state index in [-0.39, 0.29) is 4.48 Å². The number of aliphatic hydroxyl groups excluding tert-OH is 1. The normalized spacial score (nSPS) is 11.6. The summed E-state index contributed by atoms with van der Waals surface area (Å²) in [7, 11) is 0. The van der Waals surface area contributed by atoms with Gasteiger partial charge in [-0.15, -0.1) is 0 Å². The summed E-state index contributed by atoms with van der Waals surface area (Å²) in [4.78, 5) is 0. The maximum absolute atomic E-state index is 10.4. The van der Waals surface area contributed by atoms with Gasteiger partial charge in [0.2, 0.25) is 0 Å². The highest BCUT2D eigenvalue weighted by atomic mass is 16.5. The van der Waals surface area contributed by atoms with E-state index in [0.717, 1.165) is 17.1 Å². The van der Waals surface area contributed by atoms with Gasteiger partial charge < -0.3 is 10.2 Å². The van der Waals surface area contributed by atoms with Crippen LogP contribution < -0.4 is 4.48 Å². The maximum Gasteiger partial charge on any atom is 0.318 e. The zero-order valence-electron chi connectivity index (χ0n) is 12.1. The van der Waals surface area contributed by atoms with Gasteiger partial charge in [0.25, 0.3) is 0 Å². The molecule has 0 heterocycles. The molecule has 110 valence electrons. The molecule has 0 unspecified atom stereocenters. The van der Waals surface area contributed by atoms with E-state index in [9.17, 15) is 10.2 Å². The summed E-state index contributed by atoms with van der Waals surface area (Å²) in [6, 6.07) is 28.6. The van der Waals surface area contributed by atoms with Gasteiger partial charge in [0.1, 0.15) is 17.1 Å². The van der Waals surface area contributed by atoms with Gasteiger partial charge in [-0.25, -0.2) is 0 Å². The molecule has 0 fully saturated rings. The van der Waals surface area contributed by atoms with Gasteiger partial charge in [0, 0.05) is 36.4 Å². The average molecular weight is 292 g/mol. The van der Waals surface area contributed by atoms with Gasteiger partial charge in [-0.05, 0) is 0 Å². The quantitative estimate of drug-likeness (QED) is 0.565. The lowest BCUT2D eigenvalue weighted by Crippen LogP contribution is -2.48. The molecule has 0 aliphatic heterocycles. The Morgan fingerprint density at radius 2 is 0.773 bits per heavy atom. The summed E-state index contributed by atoms with van der Waals surface area (Å²) >= 11 is 0. The molecule has 0 bridgehead atoms. The minimum atomic E-state index is -1.62. The van der Waals surface area contributed by atoms with Crippen molar-refractivity contribution < 1.29 is 10.2 Å². The lowest BCUT2D eigenvalue weighted by molar-refractivity contribution is -0.107. The van der Waals surface area contributed by atoms with Gasteiger partial charge in [-0.1, -0.05) is 54.6 Å². The third kappa shape index (κ3) is 2.31. The van der Waals surface area contributed by atoms with Crippen LogP contribution in [-0.2, 0) is 0 Å². The van der Waals surface area contributed by atoms with Crippen LogP contribution in [0.15, 0.2) is 91.0 Å². The lowest BCUT2D eigenvalue weighted by atomic mass is 10.1. The van der Waals surface area contributed by atoms with Crippen LogP contribution in [0.5, 0.6) is 0 Å². The highest BCUT2D eigenvalue weighted by Crippen LogP contribution is 2.44. The zero-order chi connectivity index (χ0) is 15.4. The van der Waals surface area contributed by atoms with Crippen molar-refractivity contribution in [2.75, 3.05) is 0 Å². The molecule has 3 aromatic carbocycles. The fourth-order valence-corrected chi connectivity index (χ4v) is 2.84. The number of benzene rings is 3. The van der Waals surface area contributed by atoms with Crippen molar-refractivity contribution in [1.29, 1.82) is 0 Å². The first-order valence-corrected chi connectivity index (χ1v) is 7.18. The molecule has 0 saturated carbocycles. The number of aliphatic hydroxyl groups is 2. The first-order valence-electron chi connectivity index (χ1n) is 7.18. The predicted molar refractivity (Wildman–Crippen MR) is 88.7 cm³/mol. The van der Waals surface area contributed by atoms with Crippen molar-refractivity contribution in [2.45, 2.75) is 6.41 Å². The summed E-state index contributed by atoms with van der Waals surface area (Å²) in [6.07, 6.45) is -1.62. The summed E-state index contributed by atoms with van der Waals surface area (Å²) in [5.41, 5.74) is 2.36. The number of hydrogen-bond donors (Lipinski definition) is 2. The van der Waals surface area contributed by atoms with Crippen LogP contribution >= 0.6 is 0 Å². The van der Waals surface area contributed by atoms with E-state index in [4.69, 9.17) is 0 Å². The minimum absolute atomic E-state index is 0.164. The Hall–Kier alpha value is -2.46. The van der Waals surface area contributed by atoms with Crippen LogP contribution in [0.25, 0.3) is 0 Å². The van der Waals surface area contributed by atoms with E-state index in [2.05, 4.69) is 0 Å². The second-order valence-electron chi connectivity index (χ2n) is 5.08. The summed E-state index contributed by atoms with van der Waals surface area (Å²) < 4.78 is -0.164. The highest BCUT2D eigenvalue weighted by molar-refractivity contribution is 5.70. The van der Waals surface area contributed by atoms with Crippen molar-refractivity contribution in [1.82, 2.24) is 4.48 Å². The fourth-order valence-electron chi connectivity index (χ4n) is 2.84. The third-order valence-electron chi connectivity index (χ3n) is 3.84. The maximum atomic E-state index is 10.4. The molecule has 0 aliphatic carbocycles. The molecule has 3 nitrogen and oxygen atoms in total. The molecule has 22 heavy (non-hydrogen) atoms. The number of para-hydroxylation sites is 3. The molecule has 0 amide bonds. The second-order valence-corrected chi connectivity index (χ2v) is 5.08. The van der Waals surface area contributed by atoms with Gasteiger partial charge in [-0.3, -0.25) is 0 Å². The number of rotatable bonds is 4. The van der Waals surface area contributed by atoms with E-state index in [0.29, 0.717) is 0 Å². The molecule has 0 aliphatic rings. The standard InChI is InChI=1S/C19H18NO2/c21-19(22)20(16-10-4-1-5-11-16,17-12-6-2-7-13-17)18-14-8-3-9-15-18/h1-15,19,21-22H/q+1. The van der Waals surface area contributed by atoms with Gasteiger partial charge in [-0.2, -0.15) is 4.48 Å². The van der Waals surface area contributed by atoms with Crippen LogP contribution in [0.1, 0.15) is 0 Å². The van der Waals surface area contributed by atoms with Gasteiger partial charge >= 0.3 is 6.41 Å². The van der Waals surface area contributed by atoms with E-state index in [1.54, 1.807) is 0 Å². The Morgan fingerprint density at radius 1 is 0.500 bits per heavy atom. The van der Waals surface area contributed by atoms with Crippen LogP contribution in [0, 0.1) is 0 Å². The van der Waals surface area contributed by atoms with E-state index < -0.39 is 6.41 Å². The molecular weight excluding hydrogens is 274 g/mol. The number of hydrogen-bond acceptors (Lipinski definition) is 2. The molecule has 0 atom stereocenters. The van der Waals surface area contributed by atoms with Crippen LogP contribution in [0.3, 0.4) is 0 Å². The van der Waals surface area contributed by atoms with Crippen molar-refractivity contribution in [3.63, 3.8) is 0 Å². The van der Waals surface area contributed by atoms with Crippen molar-refractivity contribution in [2.24, 2.45) is 0 Å². The summed E-state index contributed by atoms with van der Waals surface area (Å²) in [5.74, 6) is 0. The smallest absolute Gasteiger partial charge is 0.318 e. The third-order valence-corrected chi connectivity index (χ3v) is 3.84. The Bertz CT molecular complexity index is 616. The molecule has 3 heteroatoms. The Balaban J connectivity index is 2.34. The van der Waals surface area contributed by atoms with Crippen LogP contribution in [0.2, 0.25) is 0 Å². The van der Waals surface area contributed by atoms with Crippen molar-refractivity contribution in [3.05, 3.63) is 91.0 Å². The first-order chi connectivity index (χ1) is 10.8. The molecular formula is C19H18NO2+. The predicted octanol–water partition coefficient (Wildman–Crippen LogP) is 3.93. The van der Waals surface area contributed by atoms with Gasteiger partial charge in [0.05, 0.1) is 0 Å². The summed E-state index contributed by atoms with van der Waals surface area (Å²) in [5, 5.41) is 20.7. The van der Waals surface area contributed by atoms with Crippen molar-refractivity contribution in [3.8, 4) is 0 Å². The minimum Gasteiger partial charge on any atom is -0.321 e. The Kier molecular flexibility index (Phi) is 4.02. The second kappa shape index (κ2) is 6.12. The SMILES string of the molecule is OC(O)[N+](c1ccccc1)(c1ccccc1)c1ccccc1. The van der Waals surface area contributed by atoms with E-state index in [1.165, 1.54) is 0 Å². The summed E-state index contributed by atoms with van der Waals surface area (Å²) in [6.45, 7) is 0. The number of nitrogens with zero attached hydrogens (tertiary/aromatic N) is 1. The molecule has 3 rings (SSSR count). The monoisotopic (exact) mass is 292 g/mol. The van der Waals surface area contributed by atoms with Gasteiger partial charge in [0.15, 0.2) is 0 Å². The van der Waals surface area contributed by atoms with Crippen LogP contribution in [-0.4, -0.2) is 16.6 Å². The van der Waals surface area contributed by atoms with Crippen LogP contribution in [0.4, 0.5) is 17.1 Å². The fraction of sp³-hybridized carbons (Fsp3) is 0.0526. The van der Waals surface area contributed by atoms with E-state index >= 15 is 0 Å². The van der Waals surface area contributed by atoms with E-state index in [1.807, 2.05) is 91.0 Å². The topological polar surface area (TPSA) is 40.5 Å². The molecule has 2 N–H and O–H groups in total. The molecule has 0 saturated heterocycles. The number of quaternary nitrogens is 1. The molecule has 3 aromatic rings. The zero-order valence-corrected chi connectivity index (χ0v) is 12.1.